The van der Waals surface area contributed by atoms with Crippen molar-refractivity contribution < 1.29 is 8.42 Å². The van der Waals surface area contributed by atoms with Crippen LogP contribution >= 0.6 is 0 Å². The van der Waals surface area contributed by atoms with Crippen molar-refractivity contribution in [3.8, 4) is 0 Å². The fourth-order valence-corrected chi connectivity index (χ4v) is 3.22. The molecule has 2 nitrogen and oxygen atoms in total. The molecule has 1 aliphatic heterocycles. The van der Waals surface area contributed by atoms with Crippen LogP contribution in [0.2, 0.25) is 0 Å². The molecule has 2 atom stereocenters. The molecule has 1 saturated heterocycles. The lowest BCUT2D eigenvalue weighted by molar-refractivity contribution is 0.593. The molecule has 0 aromatic heterocycles. The van der Waals surface area contributed by atoms with Gasteiger partial charge in [-0.05, 0) is 19.3 Å². The van der Waals surface area contributed by atoms with E-state index in [0.29, 0.717) is 11.7 Å². The van der Waals surface area contributed by atoms with Gasteiger partial charge in [-0.2, -0.15) is 0 Å². The minimum absolute atomic E-state index is 0.0903. The first-order valence-corrected chi connectivity index (χ1v) is 4.95. The van der Waals surface area contributed by atoms with E-state index in [9.17, 15) is 8.42 Å². The molecule has 3 heteroatoms. The van der Waals surface area contributed by atoms with E-state index in [1.54, 1.807) is 6.92 Å². The molecule has 1 heterocycles. The highest BCUT2D eigenvalue weighted by Gasteiger charge is 2.31. The monoisotopic (exact) mass is 148 g/mol. The summed E-state index contributed by atoms with van der Waals surface area (Å²) in [7, 11) is -2.67. The maximum absolute atomic E-state index is 11.0. The SMILES string of the molecule is C[C@H]1C[C@@H](C)S(=O)(=O)C1. The summed E-state index contributed by atoms with van der Waals surface area (Å²) >= 11 is 0. The van der Waals surface area contributed by atoms with Crippen molar-refractivity contribution in [1.29, 1.82) is 0 Å². The normalized spacial score (nSPS) is 41.1. The van der Waals surface area contributed by atoms with E-state index in [1.165, 1.54) is 0 Å². The van der Waals surface area contributed by atoms with Crippen molar-refractivity contribution in [2.75, 3.05) is 5.75 Å². The van der Waals surface area contributed by atoms with Crippen LogP contribution in [0, 0.1) is 5.92 Å². The zero-order valence-corrected chi connectivity index (χ0v) is 6.61. The molecule has 0 unspecified atom stereocenters. The molecule has 0 aromatic rings. The highest BCUT2D eigenvalue weighted by Crippen LogP contribution is 2.24. The molecule has 1 rings (SSSR count). The van der Waals surface area contributed by atoms with Gasteiger partial charge in [-0.1, -0.05) is 6.92 Å². The lowest BCUT2D eigenvalue weighted by atomic mass is 10.1. The fraction of sp³-hybridized carbons (Fsp3) is 1.00. The summed E-state index contributed by atoms with van der Waals surface area (Å²) in [6, 6.07) is 0. The second-order valence-electron chi connectivity index (χ2n) is 2.98. The minimum atomic E-state index is -2.67. The number of sulfone groups is 1. The Hall–Kier alpha value is -0.0500. The summed E-state index contributed by atoms with van der Waals surface area (Å²) in [5.74, 6) is 0.777. The van der Waals surface area contributed by atoms with Crippen LogP contribution in [0.25, 0.3) is 0 Å². The summed E-state index contributed by atoms with van der Waals surface area (Å²) in [6.45, 7) is 3.78. The average molecular weight is 148 g/mol. The van der Waals surface area contributed by atoms with Gasteiger partial charge in [0.2, 0.25) is 0 Å². The molecule has 1 fully saturated rings. The first-order valence-electron chi connectivity index (χ1n) is 3.24. The summed E-state index contributed by atoms with van der Waals surface area (Å²) in [5, 5.41) is -0.0903. The molecular formula is C6H12O2S. The molecule has 0 saturated carbocycles. The van der Waals surface area contributed by atoms with Gasteiger partial charge in [0, 0.05) is 0 Å². The highest BCUT2D eigenvalue weighted by molar-refractivity contribution is 7.92. The summed E-state index contributed by atoms with van der Waals surface area (Å²) in [5.41, 5.74) is 0. The Morgan fingerprint density at radius 1 is 1.33 bits per heavy atom. The van der Waals surface area contributed by atoms with Crippen molar-refractivity contribution in [3.05, 3.63) is 0 Å². The summed E-state index contributed by atoms with van der Waals surface area (Å²) < 4.78 is 21.9. The topological polar surface area (TPSA) is 34.1 Å². The fourth-order valence-electron chi connectivity index (χ4n) is 1.34. The number of hydrogen-bond donors (Lipinski definition) is 0. The minimum Gasteiger partial charge on any atom is -0.229 e. The standard InChI is InChI=1S/C6H12O2S/c1-5-3-6(2)9(7,8)4-5/h5-6H,3-4H2,1-2H3/t5-,6+/m0/s1. The third-order valence-electron chi connectivity index (χ3n) is 1.86. The lowest BCUT2D eigenvalue weighted by Gasteiger charge is -1.96. The van der Waals surface area contributed by atoms with Gasteiger partial charge in [-0.25, -0.2) is 8.42 Å². The smallest absolute Gasteiger partial charge is 0.153 e. The molecule has 54 valence electrons. The predicted octanol–water partition coefficient (Wildman–Crippen LogP) is 0.830. The third-order valence-corrected chi connectivity index (χ3v) is 4.32. The van der Waals surface area contributed by atoms with Gasteiger partial charge in [0.1, 0.15) is 0 Å². The van der Waals surface area contributed by atoms with Crippen LogP contribution in [0.4, 0.5) is 0 Å². The van der Waals surface area contributed by atoms with Crippen LogP contribution in [0.1, 0.15) is 20.3 Å². The van der Waals surface area contributed by atoms with Gasteiger partial charge in [-0.15, -0.1) is 0 Å². The molecule has 0 aromatic carbocycles. The van der Waals surface area contributed by atoms with Crippen molar-refractivity contribution in [2.45, 2.75) is 25.5 Å². The third kappa shape index (κ3) is 1.26. The van der Waals surface area contributed by atoms with E-state index in [0.717, 1.165) is 6.42 Å². The zero-order valence-electron chi connectivity index (χ0n) is 5.79. The van der Waals surface area contributed by atoms with Gasteiger partial charge in [-0.3, -0.25) is 0 Å². The van der Waals surface area contributed by atoms with Crippen molar-refractivity contribution in [2.24, 2.45) is 5.92 Å². The average Bonchev–Trinajstić information content (AvgIpc) is 1.79. The summed E-state index contributed by atoms with van der Waals surface area (Å²) in [4.78, 5) is 0. The van der Waals surface area contributed by atoms with Gasteiger partial charge in [0.15, 0.2) is 9.84 Å². The van der Waals surface area contributed by atoms with Crippen LogP contribution in [0.5, 0.6) is 0 Å². The van der Waals surface area contributed by atoms with Gasteiger partial charge < -0.3 is 0 Å². The predicted molar refractivity (Wildman–Crippen MR) is 37.0 cm³/mol. The van der Waals surface area contributed by atoms with E-state index in [1.807, 2.05) is 6.92 Å². The molecule has 0 N–H and O–H groups in total. The van der Waals surface area contributed by atoms with E-state index in [2.05, 4.69) is 0 Å². The van der Waals surface area contributed by atoms with Crippen LogP contribution in [0.3, 0.4) is 0 Å². The van der Waals surface area contributed by atoms with Crippen molar-refractivity contribution in [3.63, 3.8) is 0 Å². The van der Waals surface area contributed by atoms with E-state index >= 15 is 0 Å². The van der Waals surface area contributed by atoms with Crippen LogP contribution < -0.4 is 0 Å². The maximum atomic E-state index is 11.0. The second-order valence-corrected chi connectivity index (χ2v) is 5.44. The van der Waals surface area contributed by atoms with Gasteiger partial charge >= 0.3 is 0 Å². The highest BCUT2D eigenvalue weighted by atomic mass is 32.2. The maximum Gasteiger partial charge on any atom is 0.153 e. The largest absolute Gasteiger partial charge is 0.229 e. The van der Waals surface area contributed by atoms with Crippen LogP contribution in [-0.4, -0.2) is 19.4 Å². The van der Waals surface area contributed by atoms with E-state index in [4.69, 9.17) is 0 Å². The van der Waals surface area contributed by atoms with Gasteiger partial charge in [0.05, 0.1) is 11.0 Å². The Bertz CT molecular complexity index is 193. The molecule has 0 radical (unpaired) electrons. The first-order chi connectivity index (χ1) is 4.02. The Morgan fingerprint density at radius 2 is 1.89 bits per heavy atom. The Morgan fingerprint density at radius 3 is 2.00 bits per heavy atom. The van der Waals surface area contributed by atoms with E-state index < -0.39 is 9.84 Å². The lowest BCUT2D eigenvalue weighted by Crippen LogP contribution is -2.10. The van der Waals surface area contributed by atoms with Gasteiger partial charge in [0.25, 0.3) is 0 Å². The molecular weight excluding hydrogens is 136 g/mol. The molecule has 0 amide bonds. The van der Waals surface area contributed by atoms with Crippen molar-refractivity contribution >= 4 is 9.84 Å². The summed E-state index contributed by atoms with van der Waals surface area (Å²) in [6.07, 6.45) is 0.850. The number of rotatable bonds is 0. The molecule has 0 aliphatic carbocycles. The van der Waals surface area contributed by atoms with E-state index in [-0.39, 0.29) is 5.25 Å². The molecule has 1 aliphatic rings. The Kier molecular flexibility index (Phi) is 1.55. The van der Waals surface area contributed by atoms with Crippen molar-refractivity contribution in [1.82, 2.24) is 0 Å². The molecule has 0 spiro atoms. The molecule has 0 bridgehead atoms. The zero-order chi connectivity index (χ0) is 7.07. The Balaban J connectivity index is 2.83. The van der Waals surface area contributed by atoms with Crippen LogP contribution in [-0.2, 0) is 9.84 Å². The number of hydrogen-bond acceptors (Lipinski definition) is 2. The second kappa shape index (κ2) is 1.97. The first kappa shape index (κ1) is 7.06. The quantitative estimate of drug-likeness (QED) is 0.510. The van der Waals surface area contributed by atoms with Crippen LogP contribution in [0.15, 0.2) is 0 Å². The Labute approximate surface area is 56.2 Å². The molecule has 9 heavy (non-hydrogen) atoms.